The summed E-state index contributed by atoms with van der Waals surface area (Å²) in [6, 6.07) is 0. The van der Waals surface area contributed by atoms with Crippen LogP contribution in [0.2, 0.25) is 0 Å². The summed E-state index contributed by atoms with van der Waals surface area (Å²) in [5.41, 5.74) is 0. The Hall–Kier alpha value is -1.14. The van der Waals surface area contributed by atoms with E-state index in [1.165, 1.54) is 18.7 Å². The summed E-state index contributed by atoms with van der Waals surface area (Å²) in [5, 5.41) is 20.7. The van der Waals surface area contributed by atoms with Gasteiger partial charge in [0.1, 0.15) is 0 Å². The van der Waals surface area contributed by atoms with Crippen LogP contribution in [0, 0.1) is 0 Å². The topological polar surface area (TPSA) is 89.9 Å². The lowest BCUT2D eigenvalue weighted by atomic mass is 10.3. The summed E-state index contributed by atoms with van der Waals surface area (Å²) in [6.45, 7) is 3.46. The lowest BCUT2D eigenvalue weighted by molar-refractivity contribution is -0.130. The van der Waals surface area contributed by atoms with Crippen LogP contribution in [0.1, 0.15) is 20.3 Å². The van der Waals surface area contributed by atoms with Crippen LogP contribution in [0.3, 0.4) is 0 Å². The van der Waals surface area contributed by atoms with Crippen molar-refractivity contribution in [3.8, 4) is 0 Å². The van der Waals surface area contributed by atoms with Gasteiger partial charge in [-0.25, -0.2) is 0 Å². The van der Waals surface area contributed by atoms with Gasteiger partial charge in [-0.3, -0.25) is 9.59 Å². The van der Waals surface area contributed by atoms with Gasteiger partial charge in [-0.15, -0.1) is 0 Å². The molecule has 6 nitrogen and oxygen atoms in total. The maximum atomic E-state index is 11.2. The van der Waals surface area contributed by atoms with Gasteiger partial charge in [0, 0.05) is 40.1 Å². The van der Waals surface area contributed by atoms with Gasteiger partial charge < -0.3 is 20.4 Å². The average molecular weight is 232 g/mol. The van der Waals surface area contributed by atoms with Crippen LogP contribution in [0.5, 0.6) is 0 Å². The van der Waals surface area contributed by atoms with Gasteiger partial charge >= 0.3 is 0 Å². The molecule has 2 amide bonds. The zero-order valence-electron chi connectivity index (χ0n) is 9.77. The van der Waals surface area contributed by atoms with E-state index in [4.69, 9.17) is 5.11 Å². The van der Waals surface area contributed by atoms with Crippen LogP contribution >= 0.6 is 0 Å². The number of aliphatic hydroxyl groups is 2. The molecule has 0 spiro atoms. The Kier molecular flexibility index (Phi) is 7.49. The molecule has 0 bridgehead atoms. The molecule has 1 unspecified atom stereocenters. The maximum Gasteiger partial charge on any atom is 0.219 e. The lowest BCUT2D eigenvalue weighted by Crippen LogP contribution is -2.42. The third kappa shape index (κ3) is 7.19. The Morgan fingerprint density at radius 1 is 1.38 bits per heavy atom. The van der Waals surface area contributed by atoms with Crippen LogP contribution in [-0.2, 0) is 9.59 Å². The number of carbonyl (C=O) groups is 2. The van der Waals surface area contributed by atoms with Gasteiger partial charge in [0.05, 0.1) is 6.10 Å². The average Bonchev–Trinajstić information content (AvgIpc) is 2.20. The smallest absolute Gasteiger partial charge is 0.219 e. The minimum atomic E-state index is -0.786. The second-order valence-electron chi connectivity index (χ2n) is 3.63. The molecule has 3 N–H and O–H groups in total. The predicted octanol–water partition coefficient (Wildman–Crippen LogP) is -1.29. The van der Waals surface area contributed by atoms with Crippen molar-refractivity contribution < 1.29 is 19.8 Å². The van der Waals surface area contributed by atoms with Gasteiger partial charge in [-0.1, -0.05) is 0 Å². The summed E-state index contributed by atoms with van der Waals surface area (Å²) in [6.07, 6.45) is -0.307. The van der Waals surface area contributed by atoms with Crippen LogP contribution in [0.25, 0.3) is 0 Å². The highest BCUT2D eigenvalue weighted by molar-refractivity contribution is 5.73. The molecule has 16 heavy (non-hydrogen) atoms. The molecule has 0 aromatic heterocycles. The van der Waals surface area contributed by atoms with Crippen LogP contribution in [0.4, 0.5) is 0 Å². The Labute approximate surface area is 95.2 Å². The first kappa shape index (κ1) is 14.9. The zero-order chi connectivity index (χ0) is 12.6. The molecule has 0 heterocycles. The fourth-order valence-corrected chi connectivity index (χ4v) is 1.22. The summed E-state index contributed by atoms with van der Waals surface area (Å²) in [4.78, 5) is 23.2. The van der Waals surface area contributed by atoms with Gasteiger partial charge in [-0.2, -0.15) is 0 Å². The van der Waals surface area contributed by atoms with E-state index in [0.29, 0.717) is 13.0 Å². The molecule has 0 aliphatic heterocycles. The molecular formula is C10H20N2O4. The number of aliphatic hydroxyl groups excluding tert-OH is 2. The SMILES string of the molecule is CC(=O)NCC(O)CN(CCCO)C(C)=O. The highest BCUT2D eigenvalue weighted by Crippen LogP contribution is 1.95. The molecule has 1 atom stereocenters. The minimum absolute atomic E-state index is 0.00553. The molecule has 0 fully saturated rings. The Morgan fingerprint density at radius 3 is 2.44 bits per heavy atom. The van der Waals surface area contributed by atoms with Gasteiger partial charge in [-0.05, 0) is 6.42 Å². The second kappa shape index (κ2) is 8.06. The van der Waals surface area contributed by atoms with Crippen molar-refractivity contribution in [2.75, 3.05) is 26.2 Å². The van der Waals surface area contributed by atoms with Crippen molar-refractivity contribution in [3.63, 3.8) is 0 Å². The Morgan fingerprint density at radius 2 is 2.00 bits per heavy atom. The molecule has 0 rings (SSSR count). The van der Waals surface area contributed by atoms with Gasteiger partial charge in [0.15, 0.2) is 0 Å². The van der Waals surface area contributed by atoms with Crippen molar-refractivity contribution in [2.24, 2.45) is 0 Å². The first-order valence-corrected chi connectivity index (χ1v) is 5.26. The van der Waals surface area contributed by atoms with Gasteiger partial charge in [0.25, 0.3) is 0 Å². The lowest BCUT2D eigenvalue weighted by Gasteiger charge is -2.23. The standard InChI is InChI=1S/C10H20N2O4/c1-8(14)11-6-10(16)7-12(9(2)15)4-3-5-13/h10,13,16H,3-7H2,1-2H3,(H,11,14). The van der Waals surface area contributed by atoms with Crippen LogP contribution in [0.15, 0.2) is 0 Å². The van der Waals surface area contributed by atoms with E-state index in [1.54, 1.807) is 0 Å². The summed E-state index contributed by atoms with van der Waals surface area (Å²) in [7, 11) is 0. The van der Waals surface area contributed by atoms with Crippen molar-refractivity contribution in [1.29, 1.82) is 0 Å². The molecule has 0 saturated carbocycles. The normalized spacial score (nSPS) is 12.0. The van der Waals surface area contributed by atoms with Crippen LogP contribution < -0.4 is 5.32 Å². The largest absolute Gasteiger partial charge is 0.396 e. The van der Waals surface area contributed by atoms with Crippen LogP contribution in [-0.4, -0.2) is 59.3 Å². The minimum Gasteiger partial charge on any atom is -0.396 e. The molecule has 0 aliphatic carbocycles. The Balaban J connectivity index is 3.97. The first-order chi connectivity index (χ1) is 7.47. The molecule has 94 valence electrons. The summed E-state index contributed by atoms with van der Waals surface area (Å²) < 4.78 is 0. The molecule has 0 aromatic carbocycles. The molecule has 6 heteroatoms. The third-order valence-corrected chi connectivity index (χ3v) is 2.05. The first-order valence-electron chi connectivity index (χ1n) is 5.26. The highest BCUT2D eigenvalue weighted by Gasteiger charge is 2.13. The second-order valence-corrected chi connectivity index (χ2v) is 3.63. The van der Waals surface area contributed by atoms with Crippen molar-refractivity contribution in [1.82, 2.24) is 10.2 Å². The quantitative estimate of drug-likeness (QED) is 0.509. The summed E-state index contributed by atoms with van der Waals surface area (Å²) >= 11 is 0. The van der Waals surface area contributed by atoms with E-state index in [0.717, 1.165) is 0 Å². The third-order valence-electron chi connectivity index (χ3n) is 2.05. The van der Waals surface area contributed by atoms with E-state index in [9.17, 15) is 14.7 Å². The molecular weight excluding hydrogens is 212 g/mol. The highest BCUT2D eigenvalue weighted by atomic mass is 16.3. The molecule has 0 aliphatic rings. The molecule has 0 saturated heterocycles. The fourth-order valence-electron chi connectivity index (χ4n) is 1.22. The Bertz CT molecular complexity index is 233. The zero-order valence-corrected chi connectivity index (χ0v) is 9.77. The maximum absolute atomic E-state index is 11.2. The number of nitrogens with zero attached hydrogens (tertiary/aromatic N) is 1. The monoisotopic (exact) mass is 232 g/mol. The van der Waals surface area contributed by atoms with E-state index >= 15 is 0 Å². The molecule has 0 aromatic rings. The van der Waals surface area contributed by atoms with Crippen molar-refractivity contribution >= 4 is 11.8 Å². The van der Waals surface area contributed by atoms with Crippen molar-refractivity contribution in [3.05, 3.63) is 0 Å². The number of hydrogen-bond donors (Lipinski definition) is 3. The number of carbonyl (C=O) groups excluding carboxylic acids is 2. The number of rotatable bonds is 7. The fraction of sp³-hybridized carbons (Fsp3) is 0.800. The number of amides is 2. The van der Waals surface area contributed by atoms with E-state index in [-0.39, 0.29) is 31.5 Å². The van der Waals surface area contributed by atoms with E-state index in [2.05, 4.69) is 5.32 Å². The van der Waals surface area contributed by atoms with E-state index in [1.807, 2.05) is 0 Å². The van der Waals surface area contributed by atoms with E-state index < -0.39 is 6.10 Å². The van der Waals surface area contributed by atoms with Gasteiger partial charge in [0.2, 0.25) is 11.8 Å². The summed E-state index contributed by atoms with van der Waals surface area (Å²) in [5.74, 6) is -0.376. The number of nitrogens with one attached hydrogen (secondary N) is 1. The number of hydrogen-bond acceptors (Lipinski definition) is 4. The molecule has 0 radical (unpaired) electrons. The predicted molar refractivity (Wildman–Crippen MR) is 58.6 cm³/mol. The van der Waals surface area contributed by atoms with Crippen molar-refractivity contribution in [2.45, 2.75) is 26.4 Å².